The molecule has 216 valence electrons. The Morgan fingerprint density at radius 1 is 1.02 bits per heavy atom. The van der Waals surface area contributed by atoms with Crippen molar-refractivity contribution in [1.29, 1.82) is 0 Å². The molecule has 4 amide bonds. The second-order valence-corrected chi connectivity index (χ2v) is 11.4. The van der Waals surface area contributed by atoms with E-state index in [2.05, 4.69) is 10.6 Å². The zero-order valence-electron chi connectivity index (χ0n) is 23.6. The van der Waals surface area contributed by atoms with Crippen molar-refractivity contribution in [3.05, 3.63) is 72.3 Å². The third kappa shape index (κ3) is 7.33. The predicted octanol–water partition coefficient (Wildman–Crippen LogP) is 4.23. The number of fused-ring (bicyclic) bond motifs is 1. The third-order valence-electron chi connectivity index (χ3n) is 6.85. The average Bonchev–Trinajstić information content (AvgIpc) is 3.61. The summed E-state index contributed by atoms with van der Waals surface area (Å²) in [5.41, 5.74) is 5.30. The van der Waals surface area contributed by atoms with Gasteiger partial charge in [0.1, 0.15) is 23.4 Å². The van der Waals surface area contributed by atoms with Crippen LogP contribution in [-0.4, -0.2) is 51.5 Å². The standard InChI is InChI=1S/C31H36N4O6/c1-18-15-24(18)35(29(39)23(17-26(32)37)34-30(40)41-31(2,3)4)27(22-11-7-8-12-25(22)36)28(38)33-21-14-13-19-9-5-6-10-20(19)16-21/h5-14,16,18,23-24,27,36H,15,17H2,1-4H3,(H2,32,37)(H,33,38)(H,34,40). The molecule has 4 atom stereocenters. The lowest BCUT2D eigenvalue weighted by Gasteiger charge is -2.35. The normalized spacial score (nSPS) is 17.7. The van der Waals surface area contributed by atoms with Crippen LogP contribution in [0.15, 0.2) is 66.7 Å². The lowest BCUT2D eigenvalue weighted by atomic mass is 10.00. The number of anilines is 1. The molecule has 5 N–H and O–H groups in total. The molecule has 0 heterocycles. The molecular formula is C31H36N4O6. The molecule has 1 saturated carbocycles. The van der Waals surface area contributed by atoms with Gasteiger partial charge >= 0.3 is 6.09 Å². The van der Waals surface area contributed by atoms with E-state index in [1.807, 2.05) is 43.3 Å². The monoisotopic (exact) mass is 560 g/mol. The fourth-order valence-corrected chi connectivity index (χ4v) is 4.82. The highest BCUT2D eigenvalue weighted by Gasteiger charge is 2.49. The Labute approximate surface area is 238 Å². The van der Waals surface area contributed by atoms with Crippen LogP contribution in [0.4, 0.5) is 10.5 Å². The number of nitrogens with two attached hydrogens (primary N) is 1. The van der Waals surface area contributed by atoms with Crippen LogP contribution in [0.2, 0.25) is 0 Å². The van der Waals surface area contributed by atoms with E-state index in [1.165, 1.54) is 11.0 Å². The number of phenols is 1. The molecule has 3 aromatic carbocycles. The zero-order valence-corrected chi connectivity index (χ0v) is 23.6. The zero-order chi connectivity index (χ0) is 29.9. The van der Waals surface area contributed by atoms with E-state index in [0.717, 1.165) is 10.8 Å². The van der Waals surface area contributed by atoms with E-state index < -0.39 is 47.9 Å². The summed E-state index contributed by atoms with van der Waals surface area (Å²) in [4.78, 5) is 54.1. The van der Waals surface area contributed by atoms with Gasteiger partial charge in [-0.1, -0.05) is 55.5 Å². The number of rotatable bonds is 9. The van der Waals surface area contributed by atoms with Crippen LogP contribution in [0.5, 0.6) is 5.75 Å². The minimum atomic E-state index is -1.39. The molecule has 0 aliphatic heterocycles. The molecule has 1 aliphatic carbocycles. The highest BCUT2D eigenvalue weighted by Crippen LogP contribution is 2.42. The Morgan fingerprint density at radius 3 is 2.27 bits per heavy atom. The fourth-order valence-electron chi connectivity index (χ4n) is 4.82. The number of carbonyl (C=O) groups excluding carboxylic acids is 4. The molecule has 0 bridgehead atoms. The minimum absolute atomic E-state index is 0.0385. The molecule has 10 heteroatoms. The second-order valence-electron chi connectivity index (χ2n) is 11.4. The number of aromatic hydroxyl groups is 1. The Bertz CT molecular complexity index is 1470. The van der Waals surface area contributed by atoms with Crippen LogP contribution < -0.4 is 16.4 Å². The van der Waals surface area contributed by atoms with Gasteiger partial charge in [-0.2, -0.15) is 0 Å². The van der Waals surface area contributed by atoms with Gasteiger partial charge in [0.15, 0.2) is 0 Å². The van der Waals surface area contributed by atoms with Crippen molar-refractivity contribution >= 4 is 40.3 Å². The number of amides is 4. The first kappa shape index (κ1) is 29.4. The fraction of sp³-hybridized carbons (Fsp3) is 0.355. The lowest BCUT2D eigenvalue weighted by molar-refractivity contribution is -0.142. The molecule has 1 fully saturated rings. The van der Waals surface area contributed by atoms with Crippen molar-refractivity contribution in [2.45, 2.75) is 64.3 Å². The highest BCUT2D eigenvalue weighted by atomic mass is 16.6. The lowest BCUT2D eigenvalue weighted by Crippen LogP contribution is -2.54. The number of benzene rings is 3. The van der Waals surface area contributed by atoms with Gasteiger partial charge in [0.25, 0.3) is 5.91 Å². The molecule has 41 heavy (non-hydrogen) atoms. The van der Waals surface area contributed by atoms with Gasteiger partial charge in [-0.3, -0.25) is 14.4 Å². The van der Waals surface area contributed by atoms with Gasteiger partial charge in [-0.25, -0.2) is 4.79 Å². The summed E-state index contributed by atoms with van der Waals surface area (Å²) >= 11 is 0. The Balaban J connectivity index is 1.73. The molecule has 4 rings (SSSR count). The number of alkyl carbamates (subject to hydrolysis) is 1. The van der Waals surface area contributed by atoms with E-state index in [1.54, 1.807) is 45.0 Å². The Morgan fingerprint density at radius 2 is 1.66 bits per heavy atom. The van der Waals surface area contributed by atoms with Crippen molar-refractivity contribution in [3.8, 4) is 5.75 Å². The summed E-state index contributed by atoms with van der Waals surface area (Å²) in [5, 5.41) is 18.1. The van der Waals surface area contributed by atoms with Crippen LogP contribution >= 0.6 is 0 Å². The molecule has 3 aromatic rings. The van der Waals surface area contributed by atoms with Gasteiger partial charge < -0.3 is 31.1 Å². The molecule has 10 nitrogen and oxygen atoms in total. The Kier molecular flexibility index (Phi) is 8.51. The summed E-state index contributed by atoms with van der Waals surface area (Å²) in [5.74, 6) is -2.21. The number of hydrogen-bond donors (Lipinski definition) is 4. The third-order valence-corrected chi connectivity index (χ3v) is 6.85. The van der Waals surface area contributed by atoms with Crippen molar-refractivity contribution in [3.63, 3.8) is 0 Å². The number of carbonyl (C=O) groups is 4. The first-order chi connectivity index (χ1) is 19.3. The van der Waals surface area contributed by atoms with Crippen LogP contribution in [0.1, 0.15) is 52.1 Å². The van der Waals surface area contributed by atoms with Crippen molar-refractivity contribution in [1.82, 2.24) is 10.2 Å². The minimum Gasteiger partial charge on any atom is -0.508 e. The number of ether oxygens (including phenoxy) is 1. The highest BCUT2D eigenvalue weighted by molar-refractivity contribution is 6.01. The quantitative estimate of drug-likeness (QED) is 0.307. The maximum absolute atomic E-state index is 14.2. The molecule has 1 aliphatic rings. The van der Waals surface area contributed by atoms with E-state index in [-0.39, 0.29) is 23.3 Å². The number of hydrogen-bond acceptors (Lipinski definition) is 6. The number of para-hydroxylation sites is 1. The van der Waals surface area contributed by atoms with Crippen LogP contribution in [-0.2, 0) is 19.1 Å². The summed E-state index contributed by atoms with van der Waals surface area (Å²) in [6.07, 6.45) is -0.815. The van der Waals surface area contributed by atoms with Gasteiger partial charge in [0, 0.05) is 17.3 Å². The topological polar surface area (TPSA) is 151 Å². The SMILES string of the molecule is CC1CC1N(C(=O)C(CC(N)=O)NC(=O)OC(C)(C)C)C(C(=O)Nc1ccc2ccccc2c1)c1ccccc1O. The molecule has 0 spiro atoms. The predicted molar refractivity (Wildman–Crippen MR) is 155 cm³/mol. The maximum Gasteiger partial charge on any atom is 0.408 e. The molecule has 4 unspecified atom stereocenters. The van der Waals surface area contributed by atoms with E-state index in [4.69, 9.17) is 10.5 Å². The Hall–Kier alpha value is -4.60. The molecule has 0 saturated heterocycles. The maximum atomic E-state index is 14.2. The van der Waals surface area contributed by atoms with Gasteiger partial charge in [0.2, 0.25) is 11.8 Å². The first-order valence-electron chi connectivity index (χ1n) is 13.5. The molecule has 0 aromatic heterocycles. The summed E-state index contributed by atoms with van der Waals surface area (Å²) < 4.78 is 5.31. The van der Waals surface area contributed by atoms with Gasteiger partial charge in [0.05, 0.1) is 6.42 Å². The molecule has 0 radical (unpaired) electrons. The number of phenolic OH excluding ortho intramolecular Hbond substituents is 1. The van der Waals surface area contributed by atoms with Crippen LogP contribution in [0, 0.1) is 5.92 Å². The van der Waals surface area contributed by atoms with E-state index >= 15 is 0 Å². The van der Waals surface area contributed by atoms with Crippen molar-refractivity contribution in [2.75, 3.05) is 5.32 Å². The summed E-state index contributed by atoms with van der Waals surface area (Å²) in [6, 6.07) is 16.4. The van der Waals surface area contributed by atoms with Crippen molar-refractivity contribution < 1.29 is 29.0 Å². The average molecular weight is 561 g/mol. The number of nitrogens with zero attached hydrogens (tertiary/aromatic N) is 1. The van der Waals surface area contributed by atoms with Gasteiger partial charge in [-0.05, 0) is 62.1 Å². The number of nitrogens with one attached hydrogen (secondary N) is 2. The summed E-state index contributed by atoms with van der Waals surface area (Å²) in [7, 11) is 0. The second kappa shape index (κ2) is 11.9. The van der Waals surface area contributed by atoms with E-state index in [0.29, 0.717) is 12.1 Å². The summed E-state index contributed by atoms with van der Waals surface area (Å²) in [6.45, 7) is 6.93. The number of primary amides is 1. The van der Waals surface area contributed by atoms with E-state index in [9.17, 15) is 24.3 Å². The van der Waals surface area contributed by atoms with Gasteiger partial charge in [-0.15, -0.1) is 0 Å². The van der Waals surface area contributed by atoms with Crippen LogP contribution in [0.3, 0.4) is 0 Å². The smallest absolute Gasteiger partial charge is 0.408 e. The van der Waals surface area contributed by atoms with Crippen molar-refractivity contribution in [2.24, 2.45) is 11.7 Å². The largest absolute Gasteiger partial charge is 0.508 e. The molecular weight excluding hydrogens is 524 g/mol. The first-order valence-corrected chi connectivity index (χ1v) is 13.5. The van der Waals surface area contributed by atoms with Crippen LogP contribution in [0.25, 0.3) is 10.8 Å².